The molecule has 1 saturated heterocycles. The summed E-state index contributed by atoms with van der Waals surface area (Å²) in [5, 5.41) is 0. The number of likely N-dealkylation sites (tertiary alicyclic amines) is 1. The maximum absolute atomic E-state index is 10.8. The lowest BCUT2D eigenvalue weighted by molar-refractivity contribution is 0.0996. The number of likely N-dealkylation sites (N-methyl/N-ethyl adjacent to an activating group) is 1. The fraction of sp³-hybridized carbons (Fsp3) is 0.556. The van der Waals surface area contributed by atoms with Crippen molar-refractivity contribution in [2.75, 3.05) is 20.1 Å². The van der Waals surface area contributed by atoms with E-state index in [9.17, 15) is 4.79 Å². The highest BCUT2D eigenvalue weighted by Crippen LogP contribution is 2.19. The quantitative estimate of drug-likeness (QED) is 0.712. The third-order valence-electron chi connectivity index (χ3n) is 2.64. The number of rotatable bonds is 2. The zero-order chi connectivity index (χ0) is 10.1. The Morgan fingerprint density at radius 3 is 3.00 bits per heavy atom. The van der Waals surface area contributed by atoms with E-state index in [2.05, 4.69) is 16.9 Å². The van der Waals surface area contributed by atoms with Gasteiger partial charge in [0.25, 0.3) is 5.91 Å². The molecule has 0 aromatic carbocycles. The number of aromatic nitrogens is 2. The van der Waals surface area contributed by atoms with Crippen LogP contribution in [-0.2, 0) is 0 Å². The third kappa shape index (κ3) is 1.63. The van der Waals surface area contributed by atoms with Crippen LogP contribution in [0.25, 0.3) is 0 Å². The van der Waals surface area contributed by atoms with Crippen LogP contribution in [-0.4, -0.2) is 40.5 Å². The summed E-state index contributed by atoms with van der Waals surface area (Å²) in [5.41, 5.74) is 5.47. The Bertz CT molecular complexity index is 346. The van der Waals surface area contributed by atoms with Crippen molar-refractivity contribution in [1.82, 2.24) is 14.5 Å². The van der Waals surface area contributed by atoms with Crippen LogP contribution in [0.15, 0.2) is 12.5 Å². The lowest BCUT2D eigenvalue weighted by atomic mass is 10.2. The summed E-state index contributed by atoms with van der Waals surface area (Å²) in [7, 11) is 2.09. The number of primary amides is 1. The van der Waals surface area contributed by atoms with E-state index < -0.39 is 5.91 Å². The predicted molar refractivity (Wildman–Crippen MR) is 51.9 cm³/mol. The molecule has 76 valence electrons. The van der Waals surface area contributed by atoms with Gasteiger partial charge in [0.15, 0.2) is 0 Å². The zero-order valence-corrected chi connectivity index (χ0v) is 8.18. The van der Waals surface area contributed by atoms with Gasteiger partial charge in [0, 0.05) is 18.8 Å². The Hall–Kier alpha value is -1.36. The van der Waals surface area contributed by atoms with Crippen LogP contribution >= 0.6 is 0 Å². The summed E-state index contributed by atoms with van der Waals surface area (Å²) in [5.74, 6) is -0.463. The maximum atomic E-state index is 10.8. The molecule has 2 rings (SSSR count). The number of carbonyl (C=O) groups excluding carboxylic acids is 1. The van der Waals surface area contributed by atoms with E-state index in [1.807, 2.05) is 4.57 Å². The molecule has 1 fully saturated rings. The van der Waals surface area contributed by atoms with Gasteiger partial charge in [-0.2, -0.15) is 0 Å². The number of carbonyl (C=O) groups is 1. The molecule has 0 unspecified atom stereocenters. The number of amides is 1. The first-order chi connectivity index (χ1) is 6.66. The minimum absolute atomic E-state index is 0.347. The second-order valence-electron chi connectivity index (χ2n) is 3.78. The summed E-state index contributed by atoms with van der Waals surface area (Å²) in [4.78, 5) is 17.0. The van der Waals surface area contributed by atoms with E-state index >= 15 is 0 Å². The van der Waals surface area contributed by atoms with Gasteiger partial charge < -0.3 is 15.2 Å². The summed E-state index contributed by atoms with van der Waals surface area (Å²) in [6.07, 6.45) is 4.52. The lowest BCUT2D eigenvalue weighted by Crippen LogP contribution is -2.16. The van der Waals surface area contributed by atoms with E-state index in [-0.39, 0.29) is 0 Å². The highest BCUT2D eigenvalue weighted by atomic mass is 16.1. The van der Waals surface area contributed by atoms with E-state index in [1.165, 1.54) is 0 Å². The Morgan fingerprint density at radius 1 is 1.71 bits per heavy atom. The number of imidazole rings is 1. The molecule has 0 bridgehead atoms. The van der Waals surface area contributed by atoms with E-state index in [0.29, 0.717) is 11.7 Å². The van der Waals surface area contributed by atoms with Crippen LogP contribution in [0.1, 0.15) is 23.0 Å². The highest BCUT2D eigenvalue weighted by Gasteiger charge is 2.21. The van der Waals surface area contributed by atoms with Crippen molar-refractivity contribution >= 4 is 5.91 Å². The molecule has 14 heavy (non-hydrogen) atoms. The predicted octanol–water partition coefficient (Wildman–Crippen LogP) is -0.141. The second kappa shape index (κ2) is 3.42. The minimum Gasteiger partial charge on any atom is -0.364 e. The maximum Gasteiger partial charge on any atom is 0.268 e. The Kier molecular flexibility index (Phi) is 2.25. The Labute approximate surface area is 82.5 Å². The van der Waals surface area contributed by atoms with Crippen molar-refractivity contribution in [1.29, 1.82) is 0 Å². The summed E-state index contributed by atoms with van der Waals surface area (Å²) < 4.78 is 1.98. The molecule has 5 nitrogen and oxygen atoms in total. The molecular weight excluding hydrogens is 180 g/mol. The number of nitrogens with two attached hydrogens (primary N) is 1. The normalized spacial score (nSPS) is 22.8. The van der Waals surface area contributed by atoms with Gasteiger partial charge in [-0.3, -0.25) is 4.79 Å². The first kappa shape index (κ1) is 9.21. The second-order valence-corrected chi connectivity index (χ2v) is 3.78. The van der Waals surface area contributed by atoms with Crippen LogP contribution < -0.4 is 5.73 Å². The van der Waals surface area contributed by atoms with Crippen molar-refractivity contribution in [2.45, 2.75) is 12.5 Å². The molecule has 2 heterocycles. The van der Waals surface area contributed by atoms with Gasteiger partial charge in [-0.1, -0.05) is 0 Å². The standard InChI is InChI=1S/C9H14N4O/c1-12-3-2-7(4-12)13-5-8(9(10)14)11-6-13/h5-7H,2-4H2,1H3,(H2,10,14)/t7-/m1/s1. The van der Waals surface area contributed by atoms with Crippen LogP contribution in [0, 0.1) is 0 Å². The fourth-order valence-corrected chi connectivity index (χ4v) is 1.82. The van der Waals surface area contributed by atoms with Crippen molar-refractivity contribution in [3.8, 4) is 0 Å². The average Bonchev–Trinajstić information content (AvgIpc) is 2.70. The van der Waals surface area contributed by atoms with Gasteiger partial charge in [0.1, 0.15) is 5.69 Å². The smallest absolute Gasteiger partial charge is 0.268 e. The molecule has 0 spiro atoms. The number of nitrogens with zero attached hydrogens (tertiary/aromatic N) is 3. The molecule has 1 atom stereocenters. The minimum atomic E-state index is -0.463. The molecule has 0 radical (unpaired) electrons. The van der Waals surface area contributed by atoms with Crippen LogP contribution in [0.4, 0.5) is 0 Å². The van der Waals surface area contributed by atoms with E-state index in [0.717, 1.165) is 19.5 Å². The summed E-state index contributed by atoms with van der Waals surface area (Å²) >= 11 is 0. The Morgan fingerprint density at radius 2 is 2.50 bits per heavy atom. The summed E-state index contributed by atoms with van der Waals surface area (Å²) in [6, 6.07) is 0.431. The third-order valence-corrected chi connectivity index (χ3v) is 2.64. The van der Waals surface area contributed by atoms with Gasteiger partial charge in [-0.25, -0.2) is 4.98 Å². The van der Waals surface area contributed by atoms with Gasteiger partial charge in [0.05, 0.1) is 6.33 Å². The van der Waals surface area contributed by atoms with Crippen LogP contribution in [0.2, 0.25) is 0 Å². The lowest BCUT2D eigenvalue weighted by Gasteiger charge is -2.10. The Balaban J connectivity index is 2.13. The molecule has 2 N–H and O–H groups in total. The van der Waals surface area contributed by atoms with Crippen molar-refractivity contribution in [3.63, 3.8) is 0 Å². The van der Waals surface area contributed by atoms with Gasteiger partial charge in [-0.05, 0) is 20.0 Å². The van der Waals surface area contributed by atoms with Crippen LogP contribution in [0.5, 0.6) is 0 Å². The number of hydrogen-bond acceptors (Lipinski definition) is 3. The van der Waals surface area contributed by atoms with Gasteiger partial charge in [0.2, 0.25) is 0 Å². The molecule has 1 amide bonds. The van der Waals surface area contributed by atoms with Crippen molar-refractivity contribution in [2.24, 2.45) is 5.73 Å². The summed E-state index contributed by atoms with van der Waals surface area (Å²) in [6.45, 7) is 2.10. The fourth-order valence-electron chi connectivity index (χ4n) is 1.82. The molecule has 0 saturated carbocycles. The monoisotopic (exact) mass is 194 g/mol. The topological polar surface area (TPSA) is 64.2 Å². The largest absolute Gasteiger partial charge is 0.364 e. The molecule has 1 aromatic rings. The van der Waals surface area contributed by atoms with E-state index in [1.54, 1.807) is 12.5 Å². The van der Waals surface area contributed by atoms with E-state index in [4.69, 9.17) is 5.73 Å². The SMILES string of the molecule is CN1CC[C@@H](n2cnc(C(N)=O)c2)C1. The van der Waals surface area contributed by atoms with Crippen molar-refractivity contribution < 1.29 is 4.79 Å². The van der Waals surface area contributed by atoms with Gasteiger partial charge in [-0.15, -0.1) is 0 Å². The highest BCUT2D eigenvalue weighted by molar-refractivity contribution is 5.90. The molecule has 1 aliphatic rings. The molecule has 5 heteroatoms. The van der Waals surface area contributed by atoms with Crippen LogP contribution in [0.3, 0.4) is 0 Å². The first-order valence-electron chi connectivity index (χ1n) is 4.68. The zero-order valence-electron chi connectivity index (χ0n) is 8.18. The molecule has 1 aliphatic heterocycles. The molecular formula is C9H14N4O. The average molecular weight is 194 g/mol. The molecule has 0 aliphatic carbocycles. The number of hydrogen-bond donors (Lipinski definition) is 1. The van der Waals surface area contributed by atoms with Crippen molar-refractivity contribution in [3.05, 3.63) is 18.2 Å². The first-order valence-corrected chi connectivity index (χ1v) is 4.68. The molecule has 1 aromatic heterocycles. The van der Waals surface area contributed by atoms with Gasteiger partial charge >= 0.3 is 0 Å².